The van der Waals surface area contributed by atoms with Gasteiger partial charge in [-0.3, -0.25) is 0 Å². The highest BCUT2D eigenvalue weighted by molar-refractivity contribution is 4.92. The summed E-state index contributed by atoms with van der Waals surface area (Å²) in [6.45, 7) is 9.34. The normalized spacial score (nSPS) is 30.2. The first-order valence-corrected chi connectivity index (χ1v) is 5.08. The molecule has 1 aliphatic rings. The second-order valence-corrected chi connectivity index (χ2v) is 4.21. The van der Waals surface area contributed by atoms with Gasteiger partial charge in [0.2, 0.25) is 0 Å². The molecule has 1 heteroatoms. The highest BCUT2D eigenvalue weighted by Crippen LogP contribution is 2.23. The summed E-state index contributed by atoms with van der Waals surface area (Å²) < 4.78 is 0. The van der Waals surface area contributed by atoms with Gasteiger partial charge in [-0.15, -0.1) is 0 Å². The van der Waals surface area contributed by atoms with Gasteiger partial charge < -0.3 is 5.32 Å². The standard InChI is InChI=1S/C11H21N/c1-9(2)8-12-11-7-5-4-6-10(11)3/h10-12H,1,4-8H2,2-3H3/t10-,11-/m0/s1. The highest BCUT2D eigenvalue weighted by atomic mass is 14.9. The molecule has 0 aromatic rings. The fourth-order valence-corrected chi connectivity index (χ4v) is 1.92. The van der Waals surface area contributed by atoms with Gasteiger partial charge in [0.25, 0.3) is 0 Å². The molecule has 0 aromatic heterocycles. The monoisotopic (exact) mass is 167 g/mol. The highest BCUT2D eigenvalue weighted by Gasteiger charge is 2.19. The van der Waals surface area contributed by atoms with Crippen molar-refractivity contribution in [3.05, 3.63) is 12.2 Å². The van der Waals surface area contributed by atoms with Crippen LogP contribution in [0.3, 0.4) is 0 Å². The van der Waals surface area contributed by atoms with Gasteiger partial charge in [-0.25, -0.2) is 0 Å². The molecule has 0 unspecified atom stereocenters. The molecule has 1 nitrogen and oxygen atoms in total. The molecular weight excluding hydrogens is 146 g/mol. The number of rotatable bonds is 3. The molecule has 0 saturated heterocycles. The lowest BCUT2D eigenvalue weighted by Crippen LogP contribution is -2.37. The molecule has 0 heterocycles. The van der Waals surface area contributed by atoms with E-state index in [0.717, 1.165) is 18.5 Å². The smallest absolute Gasteiger partial charge is 0.0161 e. The quantitative estimate of drug-likeness (QED) is 0.637. The van der Waals surface area contributed by atoms with Crippen molar-refractivity contribution < 1.29 is 0 Å². The van der Waals surface area contributed by atoms with Crippen LogP contribution in [0.25, 0.3) is 0 Å². The Kier molecular flexibility index (Phi) is 3.80. The molecule has 1 fully saturated rings. The van der Waals surface area contributed by atoms with Crippen molar-refractivity contribution in [1.29, 1.82) is 0 Å². The van der Waals surface area contributed by atoms with E-state index in [4.69, 9.17) is 0 Å². The van der Waals surface area contributed by atoms with E-state index in [0.29, 0.717) is 0 Å². The van der Waals surface area contributed by atoms with Gasteiger partial charge >= 0.3 is 0 Å². The summed E-state index contributed by atoms with van der Waals surface area (Å²) in [7, 11) is 0. The molecule has 0 bridgehead atoms. The maximum atomic E-state index is 3.90. The van der Waals surface area contributed by atoms with Crippen molar-refractivity contribution in [3.8, 4) is 0 Å². The van der Waals surface area contributed by atoms with Crippen molar-refractivity contribution in [1.82, 2.24) is 5.32 Å². The lowest BCUT2D eigenvalue weighted by atomic mass is 9.86. The van der Waals surface area contributed by atoms with Crippen molar-refractivity contribution in [2.45, 2.75) is 45.6 Å². The lowest BCUT2D eigenvalue weighted by Gasteiger charge is -2.29. The Hall–Kier alpha value is -0.300. The zero-order valence-corrected chi connectivity index (χ0v) is 8.40. The van der Waals surface area contributed by atoms with Crippen LogP contribution in [0.1, 0.15) is 39.5 Å². The third-order valence-corrected chi connectivity index (χ3v) is 2.78. The predicted octanol–water partition coefficient (Wildman–Crippen LogP) is 2.73. The summed E-state index contributed by atoms with van der Waals surface area (Å²) >= 11 is 0. The fourth-order valence-electron chi connectivity index (χ4n) is 1.92. The van der Waals surface area contributed by atoms with Gasteiger partial charge in [-0.05, 0) is 25.7 Å². The Morgan fingerprint density at radius 2 is 2.08 bits per heavy atom. The number of nitrogens with one attached hydrogen (secondary N) is 1. The second-order valence-electron chi connectivity index (χ2n) is 4.21. The van der Waals surface area contributed by atoms with E-state index in [9.17, 15) is 0 Å². The van der Waals surface area contributed by atoms with E-state index >= 15 is 0 Å². The SMILES string of the molecule is C=C(C)CN[C@H]1CCCC[C@@H]1C. The van der Waals surface area contributed by atoms with E-state index in [2.05, 4.69) is 25.7 Å². The first kappa shape index (κ1) is 9.79. The third kappa shape index (κ3) is 2.98. The van der Waals surface area contributed by atoms with Gasteiger partial charge in [0, 0.05) is 12.6 Å². The summed E-state index contributed by atoms with van der Waals surface area (Å²) in [6, 6.07) is 0.746. The van der Waals surface area contributed by atoms with Crippen LogP contribution in [-0.2, 0) is 0 Å². The van der Waals surface area contributed by atoms with Crippen LogP contribution in [0.15, 0.2) is 12.2 Å². The van der Waals surface area contributed by atoms with Gasteiger partial charge in [0.15, 0.2) is 0 Å². The van der Waals surface area contributed by atoms with Crippen LogP contribution in [0.5, 0.6) is 0 Å². The summed E-state index contributed by atoms with van der Waals surface area (Å²) in [5.41, 5.74) is 1.24. The van der Waals surface area contributed by atoms with Gasteiger partial charge in [-0.2, -0.15) is 0 Å². The lowest BCUT2D eigenvalue weighted by molar-refractivity contribution is 0.287. The summed E-state index contributed by atoms with van der Waals surface area (Å²) in [5, 5.41) is 3.57. The molecular formula is C11H21N. The molecule has 0 aromatic carbocycles. The number of hydrogen-bond acceptors (Lipinski definition) is 1. The van der Waals surface area contributed by atoms with Crippen molar-refractivity contribution in [3.63, 3.8) is 0 Å². The average molecular weight is 167 g/mol. The van der Waals surface area contributed by atoms with Crippen LogP contribution in [0, 0.1) is 5.92 Å². The Bertz CT molecular complexity index is 151. The van der Waals surface area contributed by atoms with Crippen LogP contribution in [-0.4, -0.2) is 12.6 Å². The zero-order chi connectivity index (χ0) is 8.97. The van der Waals surface area contributed by atoms with Crippen molar-refractivity contribution in [2.75, 3.05) is 6.54 Å². The summed E-state index contributed by atoms with van der Waals surface area (Å²) in [5.74, 6) is 0.859. The Labute approximate surface area is 76.2 Å². The molecule has 12 heavy (non-hydrogen) atoms. The molecule has 0 spiro atoms. The first-order chi connectivity index (χ1) is 5.70. The molecule has 0 aliphatic heterocycles. The third-order valence-electron chi connectivity index (χ3n) is 2.78. The van der Waals surface area contributed by atoms with E-state index in [-0.39, 0.29) is 0 Å². The first-order valence-electron chi connectivity index (χ1n) is 5.08. The van der Waals surface area contributed by atoms with Crippen molar-refractivity contribution in [2.24, 2.45) is 5.92 Å². The molecule has 0 radical (unpaired) electrons. The summed E-state index contributed by atoms with van der Waals surface area (Å²) in [4.78, 5) is 0. The molecule has 1 aliphatic carbocycles. The molecule has 70 valence electrons. The van der Waals surface area contributed by atoms with E-state index in [1.807, 2.05) is 0 Å². The van der Waals surface area contributed by atoms with Crippen LogP contribution in [0.4, 0.5) is 0 Å². The van der Waals surface area contributed by atoms with Crippen molar-refractivity contribution >= 4 is 0 Å². The van der Waals surface area contributed by atoms with E-state index in [1.54, 1.807) is 0 Å². The predicted molar refractivity (Wildman–Crippen MR) is 54.2 cm³/mol. The molecule has 1 saturated carbocycles. The maximum Gasteiger partial charge on any atom is 0.0161 e. The van der Waals surface area contributed by atoms with E-state index < -0.39 is 0 Å². The molecule has 0 amide bonds. The molecule has 1 rings (SSSR count). The topological polar surface area (TPSA) is 12.0 Å². The zero-order valence-electron chi connectivity index (χ0n) is 8.40. The van der Waals surface area contributed by atoms with Crippen LogP contribution < -0.4 is 5.32 Å². The van der Waals surface area contributed by atoms with Gasteiger partial charge in [0.05, 0.1) is 0 Å². The van der Waals surface area contributed by atoms with Crippen LogP contribution in [0.2, 0.25) is 0 Å². The Balaban J connectivity index is 2.24. The van der Waals surface area contributed by atoms with Gasteiger partial charge in [-0.1, -0.05) is 31.9 Å². The fraction of sp³-hybridized carbons (Fsp3) is 0.818. The van der Waals surface area contributed by atoms with Crippen LogP contribution >= 0.6 is 0 Å². The van der Waals surface area contributed by atoms with E-state index in [1.165, 1.54) is 31.3 Å². The minimum Gasteiger partial charge on any atom is -0.310 e. The molecule has 1 N–H and O–H groups in total. The largest absolute Gasteiger partial charge is 0.310 e. The number of hydrogen-bond donors (Lipinski definition) is 1. The maximum absolute atomic E-state index is 3.90. The van der Waals surface area contributed by atoms with Gasteiger partial charge in [0.1, 0.15) is 0 Å². The second kappa shape index (κ2) is 4.66. The minimum absolute atomic E-state index is 0.746. The summed E-state index contributed by atoms with van der Waals surface area (Å²) in [6.07, 6.45) is 5.58. The Morgan fingerprint density at radius 3 is 2.67 bits per heavy atom. The average Bonchev–Trinajstić information content (AvgIpc) is 2.03. The minimum atomic E-state index is 0.746. The molecule has 2 atom stereocenters. The Morgan fingerprint density at radius 1 is 1.42 bits per heavy atom.